The molecule has 1 atom stereocenters. The zero-order chi connectivity index (χ0) is 17.7. The van der Waals surface area contributed by atoms with Crippen LogP contribution < -0.4 is 4.74 Å². The van der Waals surface area contributed by atoms with Crippen molar-refractivity contribution in [3.05, 3.63) is 28.8 Å². The number of amides is 1. The summed E-state index contributed by atoms with van der Waals surface area (Å²) in [5, 5.41) is 9.54. The average Bonchev–Trinajstić information content (AvgIpc) is 2.56. The highest BCUT2D eigenvalue weighted by Gasteiger charge is 2.31. The van der Waals surface area contributed by atoms with E-state index >= 15 is 0 Å². The van der Waals surface area contributed by atoms with Crippen LogP contribution in [0.15, 0.2) is 18.2 Å². The van der Waals surface area contributed by atoms with Gasteiger partial charge in [0.1, 0.15) is 12.3 Å². The fourth-order valence-electron chi connectivity index (χ4n) is 2.70. The maximum atomic E-state index is 12.7. The van der Waals surface area contributed by atoms with Gasteiger partial charge in [0.15, 0.2) is 6.10 Å². The number of hydrogen-bond donors (Lipinski definition) is 1. The van der Waals surface area contributed by atoms with Crippen LogP contribution in [0.2, 0.25) is 5.02 Å². The molecule has 0 aliphatic carbocycles. The molecule has 6 nitrogen and oxygen atoms in total. The van der Waals surface area contributed by atoms with Gasteiger partial charge in [-0.3, -0.25) is 9.59 Å². The Morgan fingerprint density at radius 3 is 2.71 bits per heavy atom. The van der Waals surface area contributed by atoms with Gasteiger partial charge in [0.2, 0.25) is 0 Å². The topological polar surface area (TPSA) is 76.1 Å². The van der Waals surface area contributed by atoms with E-state index in [-0.39, 0.29) is 18.5 Å². The summed E-state index contributed by atoms with van der Waals surface area (Å²) in [5.41, 5.74) is 0.959. The number of benzene rings is 1. The monoisotopic (exact) mass is 355 g/mol. The summed E-state index contributed by atoms with van der Waals surface area (Å²) >= 11 is 6.10. The molecule has 1 aliphatic rings. The standard InChI is InChI=1S/C17H22ClNO5/c1-11-3-4-14(18)15(9-11)24-12(2)17(22)19(10-16(20)21)13-5-7-23-8-6-13/h3-4,9,12-13H,5-8,10H2,1-2H3,(H,20,21)/t12-/m1/s1. The van der Waals surface area contributed by atoms with E-state index in [0.717, 1.165) is 5.56 Å². The largest absolute Gasteiger partial charge is 0.480 e. The highest BCUT2D eigenvalue weighted by molar-refractivity contribution is 6.32. The number of carboxylic acids is 1. The molecule has 24 heavy (non-hydrogen) atoms. The molecule has 132 valence electrons. The number of hydrogen-bond acceptors (Lipinski definition) is 4. The molecule has 1 N–H and O–H groups in total. The summed E-state index contributed by atoms with van der Waals surface area (Å²) in [6.45, 7) is 4.20. The van der Waals surface area contributed by atoms with E-state index in [1.807, 2.05) is 13.0 Å². The van der Waals surface area contributed by atoms with Gasteiger partial charge in [-0.25, -0.2) is 0 Å². The number of carboxylic acid groups (broad SMARTS) is 1. The maximum Gasteiger partial charge on any atom is 0.323 e. The van der Waals surface area contributed by atoms with Gasteiger partial charge in [0, 0.05) is 19.3 Å². The number of halogens is 1. The number of carbonyl (C=O) groups is 2. The Bertz CT molecular complexity index is 601. The Hall–Kier alpha value is -1.79. The number of aryl methyl sites for hydroxylation is 1. The Morgan fingerprint density at radius 1 is 1.42 bits per heavy atom. The van der Waals surface area contributed by atoms with Gasteiger partial charge in [-0.05, 0) is 44.4 Å². The fraction of sp³-hybridized carbons (Fsp3) is 0.529. The second-order valence-electron chi connectivity index (χ2n) is 5.90. The molecule has 1 heterocycles. The van der Waals surface area contributed by atoms with Crippen LogP contribution in [0.3, 0.4) is 0 Å². The Labute approximate surface area is 146 Å². The number of rotatable bonds is 6. The Balaban J connectivity index is 2.11. The predicted molar refractivity (Wildman–Crippen MR) is 89.5 cm³/mol. The summed E-state index contributed by atoms with van der Waals surface area (Å²) in [6, 6.07) is 5.15. The molecule has 0 bridgehead atoms. The van der Waals surface area contributed by atoms with Gasteiger partial charge >= 0.3 is 5.97 Å². The lowest BCUT2D eigenvalue weighted by Crippen LogP contribution is -2.50. The molecule has 0 saturated carbocycles. The van der Waals surface area contributed by atoms with Crippen molar-refractivity contribution in [1.29, 1.82) is 0 Å². The minimum absolute atomic E-state index is 0.151. The molecule has 0 radical (unpaired) electrons. The quantitative estimate of drug-likeness (QED) is 0.848. The van der Waals surface area contributed by atoms with E-state index in [9.17, 15) is 9.59 Å². The molecule has 1 amide bonds. The molecule has 7 heteroatoms. The second-order valence-corrected chi connectivity index (χ2v) is 6.30. The van der Waals surface area contributed by atoms with E-state index in [0.29, 0.717) is 36.8 Å². The lowest BCUT2D eigenvalue weighted by atomic mass is 10.1. The minimum atomic E-state index is -1.05. The Kier molecular flexibility index (Phi) is 6.45. The van der Waals surface area contributed by atoms with Crippen LogP contribution in [0, 0.1) is 6.92 Å². The first-order chi connectivity index (χ1) is 11.4. The van der Waals surface area contributed by atoms with Gasteiger partial charge in [0.25, 0.3) is 5.91 Å². The molecule has 0 unspecified atom stereocenters. The third-order valence-corrected chi connectivity index (χ3v) is 4.27. The zero-order valence-electron chi connectivity index (χ0n) is 13.8. The molecule has 2 rings (SSSR count). The Morgan fingerprint density at radius 2 is 2.08 bits per heavy atom. The minimum Gasteiger partial charge on any atom is -0.480 e. The summed E-state index contributed by atoms with van der Waals surface area (Å²) in [5.74, 6) is -0.989. The molecule has 1 aromatic rings. The number of aliphatic carboxylic acids is 1. The summed E-state index contributed by atoms with van der Waals surface area (Å²) in [4.78, 5) is 25.3. The van der Waals surface area contributed by atoms with Gasteiger partial charge in [-0.1, -0.05) is 17.7 Å². The molecule has 0 spiro atoms. The van der Waals surface area contributed by atoms with Crippen molar-refractivity contribution < 1.29 is 24.2 Å². The molecule has 0 aromatic heterocycles. The molecule has 1 aromatic carbocycles. The zero-order valence-corrected chi connectivity index (χ0v) is 14.6. The van der Waals surface area contributed by atoms with Crippen molar-refractivity contribution in [2.24, 2.45) is 0 Å². The van der Waals surface area contributed by atoms with Crippen LogP contribution in [0.5, 0.6) is 5.75 Å². The number of nitrogens with zero attached hydrogens (tertiary/aromatic N) is 1. The third-order valence-electron chi connectivity index (χ3n) is 3.96. The summed E-state index contributed by atoms with van der Waals surface area (Å²) < 4.78 is 11.0. The first-order valence-corrected chi connectivity index (χ1v) is 8.29. The van der Waals surface area contributed by atoms with Gasteiger partial charge in [-0.2, -0.15) is 0 Å². The summed E-state index contributed by atoms with van der Waals surface area (Å²) in [7, 11) is 0. The molecular weight excluding hydrogens is 334 g/mol. The van der Waals surface area contributed by atoms with E-state index in [2.05, 4.69) is 0 Å². The van der Waals surface area contributed by atoms with Crippen LogP contribution in [0.4, 0.5) is 0 Å². The fourth-order valence-corrected chi connectivity index (χ4v) is 2.87. The van der Waals surface area contributed by atoms with Crippen molar-refractivity contribution in [2.45, 2.75) is 38.8 Å². The van der Waals surface area contributed by atoms with Crippen LogP contribution in [0.1, 0.15) is 25.3 Å². The van der Waals surface area contributed by atoms with Crippen molar-refractivity contribution in [1.82, 2.24) is 4.90 Å². The van der Waals surface area contributed by atoms with Crippen molar-refractivity contribution >= 4 is 23.5 Å². The van der Waals surface area contributed by atoms with E-state index in [4.69, 9.17) is 26.2 Å². The van der Waals surface area contributed by atoms with Crippen LogP contribution in [-0.2, 0) is 14.3 Å². The number of carbonyl (C=O) groups excluding carboxylic acids is 1. The van der Waals surface area contributed by atoms with Gasteiger partial charge in [0.05, 0.1) is 5.02 Å². The smallest absolute Gasteiger partial charge is 0.323 e. The van der Waals surface area contributed by atoms with Gasteiger partial charge in [-0.15, -0.1) is 0 Å². The molecule has 1 aliphatic heterocycles. The highest BCUT2D eigenvalue weighted by Crippen LogP contribution is 2.27. The van der Waals surface area contributed by atoms with Crippen LogP contribution in [0.25, 0.3) is 0 Å². The highest BCUT2D eigenvalue weighted by atomic mass is 35.5. The van der Waals surface area contributed by atoms with Crippen LogP contribution in [-0.4, -0.2) is 53.8 Å². The predicted octanol–water partition coefficient (Wildman–Crippen LogP) is 2.51. The SMILES string of the molecule is Cc1ccc(Cl)c(O[C@H](C)C(=O)N(CC(=O)O)C2CCOCC2)c1. The van der Waals surface area contributed by atoms with E-state index in [1.165, 1.54) is 4.90 Å². The normalized spacial score (nSPS) is 16.5. The average molecular weight is 356 g/mol. The molecular formula is C17H22ClNO5. The lowest BCUT2D eigenvalue weighted by Gasteiger charge is -2.34. The first-order valence-electron chi connectivity index (χ1n) is 7.91. The number of ether oxygens (including phenoxy) is 2. The molecule has 1 fully saturated rings. The van der Waals surface area contributed by atoms with Crippen molar-refractivity contribution in [3.63, 3.8) is 0 Å². The van der Waals surface area contributed by atoms with Crippen molar-refractivity contribution in [3.8, 4) is 5.75 Å². The van der Waals surface area contributed by atoms with Crippen molar-refractivity contribution in [2.75, 3.05) is 19.8 Å². The van der Waals surface area contributed by atoms with Crippen LogP contribution >= 0.6 is 11.6 Å². The molecule has 1 saturated heterocycles. The third kappa shape index (κ3) is 4.85. The van der Waals surface area contributed by atoms with E-state index in [1.54, 1.807) is 19.1 Å². The maximum absolute atomic E-state index is 12.7. The van der Waals surface area contributed by atoms with Gasteiger partial charge < -0.3 is 19.5 Å². The lowest BCUT2D eigenvalue weighted by molar-refractivity contribution is -0.151. The van der Waals surface area contributed by atoms with E-state index < -0.39 is 12.1 Å². The first kappa shape index (κ1) is 18.5. The second kappa shape index (κ2) is 8.35. The summed E-state index contributed by atoms with van der Waals surface area (Å²) in [6.07, 6.45) is 0.417.